The van der Waals surface area contributed by atoms with E-state index in [0.717, 1.165) is 0 Å². The summed E-state index contributed by atoms with van der Waals surface area (Å²) >= 11 is 0. The molecule has 0 fully saturated rings. The van der Waals surface area contributed by atoms with Crippen LogP contribution in [0.3, 0.4) is 0 Å². The molecule has 0 bridgehead atoms. The Kier molecular flexibility index (Phi) is 8.59. The Hall–Kier alpha value is -0.940. The van der Waals surface area contributed by atoms with Crippen LogP contribution < -0.4 is 0 Å². The van der Waals surface area contributed by atoms with Crippen molar-refractivity contribution in [3.05, 3.63) is 0 Å². The minimum absolute atomic E-state index is 0.0676. The highest BCUT2D eigenvalue weighted by molar-refractivity contribution is 5.61. The summed E-state index contributed by atoms with van der Waals surface area (Å²) in [5, 5.41) is 54.3. The molecule has 0 radical (unpaired) electrons. The normalized spacial score (nSPS) is 20.9. The first-order valence-corrected chi connectivity index (χ1v) is 5.42. The van der Waals surface area contributed by atoms with E-state index < -0.39 is 49.8 Å². The van der Waals surface area contributed by atoms with E-state index >= 15 is 0 Å². The topological polar surface area (TPSA) is 165 Å². The smallest absolute Gasteiger partial charge is 0.151 e. The highest BCUT2D eigenvalue weighted by Crippen LogP contribution is 2.10. The molecule has 6 N–H and O–H groups in total. The van der Waals surface area contributed by atoms with Gasteiger partial charge < -0.3 is 45.0 Å². The molecular weight excluding hydrogens is 264 g/mol. The monoisotopic (exact) mass is 282 g/mol. The van der Waals surface area contributed by atoms with Gasteiger partial charge in [0.15, 0.2) is 12.6 Å². The standard InChI is InChI=1S/C10H18O9/c11-1-5(15)9(17)7(3-13)19-8(4-14)10(18)6(16)2-12/h3-12,15-18H,1-2H2/t5-,6-,7-,8-,9-,10-/m1/s1. The van der Waals surface area contributed by atoms with Gasteiger partial charge in [0.25, 0.3) is 0 Å². The van der Waals surface area contributed by atoms with E-state index in [1.54, 1.807) is 0 Å². The predicted octanol–water partition coefficient (Wildman–Crippen LogP) is -4.43. The maximum Gasteiger partial charge on any atom is 0.151 e. The van der Waals surface area contributed by atoms with E-state index in [2.05, 4.69) is 0 Å². The van der Waals surface area contributed by atoms with E-state index in [9.17, 15) is 19.8 Å². The van der Waals surface area contributed by atoms with Crippen LogP contribution in [0, 0.1) is 0 Å². The lowest BCUT2D eigenvalue weighted by molar-refractivity contribution is -0.169. The minimum atomic E-state index is -1.82. The summed E-state index contributed by atoms with van der Waals surface area (Å²) in [6.07, 6.45) is -10.2. The molecule has 0 aromatic carbocycles. The molecule has 0 saturated heterocycles. The Labute approximate surface area is 108 Å². The zero-order valence-electron chi connectivity index (χ0n) is 9.94. The van der Waals surface area contributed by atoms with Gasteiger partial charge in [0, 0.05) is 0 Å². The van der Waals surface area contributed by atoms with Crippen LogP contribution in [0.1, 0.15) is 0 Å². The number of aldehydes is 2. The molecule has 0 heterocycles. The second kappa shape index (κ2) is 9.04. The summed E-state index contributed by atoms with van der Waals surface area (Å²) in [4.78, 5) is 21.4. The molecule has 0 aliphatic carbocycles. The summed E-state index contributed by atoms with van der Waals surface area (Å²) in [6, 6.07) is 0. The fraction of sp³-hybridized carbons (Fsp3) is 0.800. The third-order valence-corrected chi connectivity index (χ3v) is 2.42. The number of aliphatic hydroxyl groups is 6. The molecule has 9 nitrogen and oxygen atoms in total. The van der Waals surface area contributed by atoms with Crippen molar-refractivity contribution in [2.75, 3.05) is 13.2 Å². The lowest BCUT2D eigenvalue weighted by Gasteiger charge is -2.27. The van der Waals surface area contributed by atoms with Crippen LogP contribution >= 0.6 is 0 Å². The number of carbonyl (C=O) groups is 2. The summed E-state index contributed by atoms with van der Waals surface area (Å²) in [5.74, 6) is 0. The lowest BCUT2D eigenvalue weighted by atomic mass is 10.1. The van der Waals surface area contributed by atoms with Crippen molar-refractivity contribution in [2.45, 2.75) is 36.6 Å². The average molecular weight is 282 g/mol. The molecule has 0 unspecified atom stereocenters. The van der Waals surface area contributed by atoms with Crippen LogP contribution in [0.5, 0.6) is 0 Å². The van der Waals surface area contributed by atoms with Crippen molar-refractivity contribution in [1.29, 1.82) is 0 Å². The number of ether oxygens (including phenoxy) is 1. The summed E-state index contributed by atoms with van der Waals surface area (Å²) in [6.45, 7) is -1.69. The van der Waals surface area contributed by atoms with Crippen LogP contribution in [0.25, 0.3) is 0 Å². The molecule has 0 aromatic rings. The van der Waals surface area contributed by atoms with Crippen LogP contribution in [-0.2, 0) is 14.3 Å². The van der Waals surface area contributed by atoms with E-state index in [0.29, 0.717) is 0 Å². The van der Waals surface area contributed by atoms with Gasteiger partial charge in [-0.05, 0) is 0 Å². The average Bonchev–Trinajstić information content (AvgIpc) is 2.45. The van der Waals surface area contributed by atoms with Crippen molar-refractivity contribution in [1.82, 2.24) is 0 Å². The number of carbonyl (C=O) groups excluding carboxylic acids is 2. The second-order valence-electron chi connectivity index (χ2n) is 3.82. The number of hydrogen-bond acceptors (Lipinski definition) is 9. The van der Waals surface area contributed by atoms with Gasteiger partial charge in [0.05, 0.1) is 13.2 Å². The minimum Gasteiger partial charge on any atom is -0.394 e. The number of rotatable bonds is 10. The Morgan fingerprint density at radius 1 is 0.789 bits per heavy atom. The van der Waals surface area contributed by atoms with Gasteiger partial charge in [0.2, 0.25) is 0 Å². The first-order valence-electron chi connectivity index (χ1n) is 5.42. The van der Waals surface area contributed by atoms with Gasteiger partial charge in [-0.1, -0.05) is 0 Å². The Balaban J connectivity index is 4.73. The Morgan fingerprint density at radius 2 is 1.11 bits per heavy atom. The van der Waals surface area contributed by atoms with E-state index in [1.807, 2.05) is 0 Å². The molecule has 0 aliphatic rings. The van der Waals surface area contributed by atoms with E-state index in [-0.39, 0.29) is 12.6 Å². The molecule has 0 spiro atoms. The molecule has 6 atom stereocenters. The maximum absolute atomic E-state index is 10.7. The molecule has 0 aromatic heterocycles. The molecule has 112 valence electrons. The quantitative estimate of drug-likeness (QED) is 0.217. The van der Waals surface area contributed by atoms with Crippen molar-refractivity contribution < 1.29 is 45.0 Å². The lowest BCUT2D eigenvalue weighted by Crippen LogP contribution is -2.49. The first kappa shape index (κ1) is 18.1. The zero-order chi connectivity index (χ0) is 15.0. The highest BCUT2D eigenvalue weighted by atomic mass is 16.5. The summed E-state index contributed by atoms with van der Waals surface area (Å²) < 4.78 is 4.74. The van der Waals surface area contributed by atoms with Gasteiger partial charge in [-0.15, -0.1) is 0 Å². The Bertz CT molecular complexity index is 246. The van der Waals surface area contributed by atoms with Gasteiger partial charge in [-0.2, -0.15) is 0 Å². The van der Waals surface area contributed by atoms with Crippen molar-refractivity contribution in [2.24, 2.45) is 0 Å². The van der Waals surface area contributed by atoms with Crippen molar-refractivity contribution in [3.63, 3.8) is 0 Å². The summed E-state index contributed by atoms with van der Waals surface area (Å²) in [5.41, 5.74) is 0. The van der Waals surface area contributed by atoms with Gasteiger partial charge in [-0.3, -0.25) is 0 Å². The van der Waals surface area contributed by atoms with Crippen LogP contribution in [0.4, 0.5) is 0 Å². The van der Waals surface area contributed by atoms with Crippen LogP contribution in [0.15, 0.2) is 0 Å². The van der Waals surface area contributed by atoms with Crippen LogP contribution in [0.2, 0.25) is 0 Å². The fourth-order valence-electron chi connectivity index (χ4n) is 1.22. The maximum atomic E-state index is 10.7. The molecule has 19 heavy (non-hydrogen) atoms. The summed E-state index contributed by atoms with van der Waals surface area (Å²) in [7, 11) is 0. The molecular formula is C10H18O9. The predicted molar refractivity (Wildman–Crippen MR) is 59.0 cm³/mol. The van der Waals surface area contributed by atoms with E-state index in [1.165, 1.54) is 0 Å². The van der Waals surface area contributed by atoms with Gasteiger partial charge in [0.1, 0.15) is 36.6 Å². The largest absolute Gasteiger partial charge is 0.394 e. The zero-order valence-corrected chi connectivity index (χ0v) is 9.94. The third kappa shape index (κ3) is 5.28. The van der Waals surface area contributed by atoms with Gasteiger partial charge in [-0.25, -0.2) is 0 Å². The van der Waals surface area contributed by atoms with Gasteiger partial charge >= 0.3 is 0 Å². The fourth-order valence-corrected chi connectivity index (χ4v) is 1.22. The molecule has 9 heteroatoms. The Morgan fingerprint density at radius 3 is 1.32 bits per heavy atom. The third-order valence-electron chi connectivity index (χ3n) is 2.42. The van der Waals surface area contributed by atoms with Crippen molar-refractivity contribution >= 4 is 12.6 Å². The first-order chi connectivity index (χ1) is 8.92. The molecule has 0 rings (SSSR count). The number of aliphatic hydroxyl groups excluding tert-OH is 6. The second-order valence-corrected chi connectivity index (χ2v) is 3.82. The highest BCUT2D eigenvalue weighted by Gasteiger charge is 2.33. The van der Waals surface area contributed by atoms with Crippen molar-refractivity contribution in [3.8, 4) is 0 Å². The molecule has 0 amide bonds. The number of hydrogen-bond donors (Lipinski definition) is 6. The SMILES string of the molecule is O=C[C@@H](O[C@H](C=O)[C@H](O)[C@H](O)CO)[C@H](O)[C@H](O)CO. The van der Waals surface area contributed by atoms with Crippen LogP contribution in [-0.4, -0.2) is 93.0 Å². The molecule has 0 saturated carbocycles. The van der Waals surface area contributed by atoms with E-state index in [4.69, 9.17) is 25.2 Å². The molecule has 0 aliphatic heterocycles.